The molecule has 0 radical (unpaired) electrons. The molecule has 2 aromatic rings. The average molecular weight is 577 g/mol. The number of morpholine rings is 1. The lowest BCUT2D eigenvalue weighted by molar-refractivity contribution is -0.0498. The smallest absolute Gasteiger partial charge is 0.387 e. The Morgan fingerprint density at radius 1 is 1.21 bits per heavy atom. The molecule has 0 spiro atoms. The summed E-state index contributed by atoms with van der Waals surface area (Å²) in [5.41, 5.74) is 1.58. The molecule has 1 atom stereocenters. The van der Waals surface area contributed by atoms with Crippen LogP contribution in [0.25, 0.3) is 0 Å². The number of aliphatic imine (C=N–C) groups is 1. The van der Waals surface area contributed by atoms with Crippen LogP contribution < -0.4 is 20.3 Å². The number of anilines is 1. The largest absolute Gasteiger partial charge is 0.435 e. The molecular formula is C22H30F2IN5O3. The summed E-state index contributed by atoms with van der Waals surface area (Å²) in [5, 5.41) is 16.7. The zero-order chi connectivity index (χ0) is 22.8. The van der Waals surface area contributed by atoms with Crippen molar-refractivity contribution in [2.24, 2.45) is 4.99 Å². The lowest BCUT2D eigenvalue weighted by Gasteiger charge is -2.29. The van der Waals surface area contributed by atoms with Crippen LogP contribution in [0, 0.1) is 0 Å². The summed E-state index contributed by atoms with van der Waals surface area (Å²) in [6.07, 6.45) is 0.928. The van der Waals surface area contributed by atoms with E-state index >= 15 is 0 Å². The van der Waals surface area contributed by atoms with E-state index in [1.54, 1.807) is 18.3 Å². The van der Waals surface area contributed by atoms with E-state index < -0.39 is 12.7 Å². The number of guanidine groups is 1. The molecule has 33 heavy (non-hydrogen) atoms. The third kappa shape index (κ3) is 8.55. The average Bonchev–Trinajstić information content (AvgIpc) is 2.81. The molecule has 1 fully saturated rings. The van der Waals surface area contributed by atoms with Crippen molar-refractivity contribution in [3.05, 3.63) is 53.7 Å². The minimum atomic E-state index is -2.88. The number of benzene rings is 1. The predicted molar refractivity (Wildman–Crippen MR) is 134 cm³/mol. The number of pyridine rings is 1. The zero-order valence-corrected chi connectivity index (χ0v) is 20.7. The van der Waals surface area contributed by atoms with E-state index in [0.29, 0.717) is 37.8 Å². The molecule has 1 aromatic carbocycles. The number of hydrogen-bond acceptors (Lipinski definition) is 6. The van der Waals surface area contributed by atoms with Crippen molar-refractivity contribution in [3.8, 4) is 5.75 Å². The Labute approximate surface area is 209 Å². The molecule has 0 saturated carbocycles. The van der Waals surface area contributed by atoms with E-state index in [1.807, 2.05) is 19.1 Å². The summed E-state index contributed by atoms with van der Waals surface area (Å²) < 4.78 is 34.3. The Hall–Kier alpha value is -2.25. The van der Waals surface area contributed by atoms with Crippen LogP contribution in [0.4, 0.5) is 14.6 Å². The Kier molecular flexibility index (Phi) is 11.5. The first-order valence-electron chi connectivity index (χ1n) is 10.6. The SMILES string of the molecule is CCNC(=NCc1cccnc1N1CCOCC1)NCC(O)c1ccc(OC(F)F)cc1.I. The van der Waals surface area contributed by atoms with Crippen LogP contribution in [-0.4, -0.2) is 62.1 Å². The van der Waals surface area contributed by atoms with Gasteiger partial charge in [0.05, 0.1) is 25.9 Å². The Bertz CT molecular complexity index is 867. The van der Waals surface area contributed by atoms with Gasteiger partial charge < -0.3 is 30.1 Å². The fourth-order valence-corrected chi connectivity index (χ4v) is 3.30. The highest BCUT2D eigenvalue weighted by Crippen LogP contribution is 2.20. The maximum absolute atomic E-state index is 12.3. The quantitative estimate of drug-likeness (QED) is 0.240. The molecule has 1 aromatic heterocycles. The number of aliphatic hydroxyl groups excluding tert-OH is 1. The highest BCUT2D eigenvalue weighted by molar-refractivity contribution is 14.0. The van der Waals surface area contributed by atoms with Crippen LogP contribution in [0.5, 0.6) is 5.75 Å². The summed E-state index contributed by atoms with van der Waals surface area (Å²) in [7, 11) is 0. The van der Waals surface area contributed by atoms with Crippen LogP contribution >= 0.6 is 24.0 Å². The predicted octanol–water partition coefficient (Wildman–Crippen LogP) is 2.93. The first-order valence-corrected chi connectivity index (χ1v) is 10.6. The van der Waals surface area contributed by atoms with E-state index in [1.165, 1.54) is 12.1 Å². The minimum absolute atomic E-state index is 0. The van der Waals surface area contributed by atoms with E-state index in [2.05, 4.69) is 30.2 Å². The van der Waals surface area contributed by atoms with E-state index in [9.17, 15) is 13.9 Å². The standard InChI is InChI=1S/C22H29F2N5O3.HI/c1-2-25-22(28-15-19(30)16-5-7-18(8-6-16)32-21(23)24)27-14-17-4-3-9-26-20(17)29-10-12-31-13-11-29;/h3-9,19,21,30H,2,10-15H2,1H3,(H2,25,27,28);1H. The summed E-state index contributed by atoms with van der Waals surface area (Å²) in [6, 6.07) is 9.80. The number of hydrogen-bond donors (Lipinski definition) is 3. The maximum atomic E-state index is 12.3. The molecule has 0 amide bonds. The van der Waals surface area contributed by atoms with Crippen molar-refractivity contribution in [2.45, 2.75) is 26.2 Å². The topological polar surface area (TPSA) is 91.2 Å². The minimum Gasteiger partial charge on any atom is -0.435 e. The van der Waals surface area contributed by atoms with Crippen molar-refractivity contribution in [3.63, 3.8) is 0 Å². The van der Waals surface area contributed by atoms with Gasteiger partial charge >= 0.3 is 6.61 Å². The van der Waals surface area contributed by atoms with Crippen LogP contribution in [-0.2, 0) is 11.3 Å². The molecule has 0 aliphatic carbocycles. The fourth-order valence-electron chi connectivity index (χ4n) is 3.30. The molecule has 0 bridgehead atoms. The van der Waals surface area contributed by atoms with Crippen molar-refractivity contribution in [1.29, 1.82) is 0 Å². The van der Waals surface area contributed by atoms with E-state index in [-0.39, 0.29) is 36.3 Å². The van der Waals surface area contributed by atoms with Gasteiger partial charge in [-0.25, -0.2) is 9.98 Å². The molecule has 1 aliphatic rings. The van der Waals surface area contributed by atoms with Gasteiger partial charge in [-0.1, -0.05) is 18.2 Å². The number of aliphatic hydroxyl groups is 1. The third-order valence-electron chi connectivity index (χ3n) is 4.88. The van der Waals surface area contributed by atoms with Gasteiger partial charge in [-0.05, 0) is 30.7 Å². The van der Waals surface area contributed by atoms with Gasteiger partial charge in [0.15, 0.2) is 5.96 Å². The van der Waals surface area contributed by atoms with Gasteiger partial charge in [0.2, 0.25) is 0 Å². The lowest BCUT2D eigenvalue weighted by atomic mass is 10.1. The number of rotatable bonds is 9. The third-order valence-corrected chi connectivity index (χ3v) is 4.88. The molecule has 1 aliphatic heterocycles. The highest BCUT2D eigenvalue weighted by atomic mass is 127. The summed E-state index contributed by atoms with van der Waals surface area (Å²) >= 11 is 0. The molecule has 182 valence electrons. The van der Waals surface area contributed by atoms with Crippen LogP contribution in [0.15, 0.2) is 47.6 Å². The molecule has 11 heteroatoms. The molecule has 3 N–H and O–H groups in total. The van der Waals surface area contributed by atoms with Gasteiger partial charge in [-0.3, -0.25) is 0 Å². The van der Waals surface area contributed by atoms with Crippen LogP contribution in [0.2, 0.25) is 0 Å². The second kappa shape index (κ2) is 14.1. The zero-order valence-electron chi connectivity index (χ0n) is 18.4. The molecule has 1 unspecified atom stereocenters. The van der Waals surface area contributed by atoms with Crippen molar-refractivity contribution >= 4 is 35.8 Å². The van der Waals surface area contributed by atoms with Gasteiger partial charge in [0.1, 0.15) is 11.6 Å². The first-order chi connectivity index (χ1) is 15.6. The van der Waals surface area contributed by atoms with Gasteiger partial charge in [-0.15, -0.1) is 24.0 Å². The molecule has 8 nitrogen and oxygen atoms in total. The number of nitrogens with one attached hydrogen (secondary N) is 2. The summed E-state index contributed by atoms with van der Waals surface area (Å²) in [4.78, 5) is 11.4. The first kappa shape index (κ1) is 27.0. The van der Waals surface area contributed by atoms with Crippen molar-refractivity contribution < 1.29 is 23.4 Å². The maximum Gasteiger partial charge on any atom is 0.387 e. The van der Waals surface area contributed by atoms with Gasteiger partial charge in [-0.2, -0.15) is 8.78 Å². The molecule has 2 heterocycles. The van der Waals surface area contributed by atoms with Crippen molar-refractivity contribution in [2.75, 3.05) is 44.3 Å². The van der Waals surface area contributed by atoms with E-state index in [0.717, 1.165) is 24.5 Å². The summed E-state index contributed by atoms with van der Waals surface area (Å²) in [5.74, 6) is 1.51. The molecular weight excluding hydrogens is 547 g/mol. The van der Waals surface area contributed by atoms with E-state index in [4.69, 9.17) is 4.74 Å². The monoisotopic (exact) mass is 577 g/mol. The fraction of sp³-hybridized carbons (Fsp3) is 0.455. The van der Waals surface area contributed by atoms with Crippen molar-refractivity contribution in [1.82, 2.24) is 15.6 Å². The summed E-state index contributed by atoms with van der Waals surface area (Å²) in [6.45, 7) is 3.29. The Morgan fingerprint density at radius 3 is 2.61 bits per heavy atom. The normalized spacial score (nSPS) is 15.1. The highest BCUT2D eigenvalue weighted by Gasteiger charge is 2.16. The Balaban J connectivity index is 0.00000385. The number of alkyl halides is 2. The number of nitrogens with zero attached hydrogens (tertiary/aromatic N) is 3. The molecule has 1 saturated heterocycles. The molecule has 3 rings (SSSR count). The van der Waals surface area contributed by atoms with Gasteiger partial charge in [0, 0.05) is 37.9 Å². The Morgan fingerprint density at radius 2 is 1.94 bits per heavy atom. The lowest BCUT2D eigenvalue weighted by Crippen LogP contribution is -2.39. The number of aromatic nitrogens is 1. The number of halogens is 3. The van der Waals surface area contributed by atoms with Gasteiger partial charge in [0.25, 0.3) is 0 Å². The van der Waals surface area contributed by atoms with Crippen LogP contribution in [0.1, 0.15) is 24.2 Å². The second-order valence-corrected chi connectivity index (χ2v) is 7.12. The van der Waals surface area contributed by atoms with Crippen LogP contribution in [0.3, 0.4) is 0 Å². The number of ether oxygens (including phenoxy) is 2. The second-order valence-electron chi connectivity index (χ2n) is 7.12.